The Balaban J connectivity index is 2.01. The van der Waals surface area contributed by atoms with Gasteiger partial charge in [-0.25, -0.2) is 8.78 Å². The van der Waals surface area contributed by atoms with E-state index in [1.165, 1.54) is 6.42 Å². The summed E-state index contributed by atoms with van der Waals surface area (Å²) in [5.74, 6) is -0.655. The fraction of sp³-hybridized carbons (Fsp3) is 0.462. The summed E-state index contributed by atoms with van der Waals surface area (Å²) in [6.07, 6.45) is 3.23. The molecule has 2 fully saturated rings. The Labute approximate surface area is 98.5 Å². The van der Waals surface area contributed by atoms with E-state index in [-0.39, 0.29) is 17.3 Å². The molecule has 1 aliphatic carbocycles. The molecule has 3 rings (SSSR count). The van der Waals surface area contributed by atoms with Crippen LogP contribution >= 0.6 is 0 Å². The molecule has 0 radical (unpaired) electrons. The Morgan fingerprint density at radius 2 is 1.94 bits per heavy atom. The maximum absolute atomic E-state index is 13.8. The minimum atomic E-state index is -0.617. The average Bonchev–Trinajstić information content (AvgIpc) is 2.90. The number of hydrogen-bond donors (Lipinski definition) is 0. The number of nitriles is 1. The van der Waals surface area contributed by atoms with Gasteiger partial charge in [0.1, 0.15) is 5.69 Å². The number of fused-ring (bicyclic) bond motifs is 2. The normalized spacial score (nSPS) is 26.3. The van der Waals surface area contributed by atoms with Crippen molar-refractivity contribution < 1.29 is 8.78 Å². The van der Waals surface area contributed by atoms with Crippen molar-refractivity contribution in [1.29, 1.82) is 5.26 Å². The molecular formula is C13H12F2N2. The molecule has 0 spiro atoms. The summed E-state index contributed by atoms with van der Waals surface area (Å²) in [6, 6.07) is 4.27. The first-order chi connectivity index (χ1) is 8.19. The highest BCUT2D eigenvalue weighted by atomic mass is 19.1. The number of rotatable bonds is 1. The summed E-state index contributed by atoms with van der Waals surface area (Å²) < 4.78 is 27.7. The highest BCUT2D eigenvalue weighted by Gasteiger charge is 2.39. The molecule has 17 heavy (non-hydrogen) atoms. The van der Waals surface area contributed by atoms with E-state index < -0.39 is 11.6 Å². The lowest BCUT2D eigenvalue weighted by Crippen LogP contribution is -2.33. The quantitative estimate of drug-likeness (QED) is 0.747. The molecule has 2 aliphatic rings. The molecule has 0 aromatic heterocycles. The minimum Gasteiger partial charge on any atom is -0.364 e. The van der Waals surface area contributed by atoms with Crippen LogP contribution in [0.15, 0.2) is 12.1 Å². The Hall–Kier alpha value is -1.63. The van der Waals surface area contributed by atoms with Crippen LogP contribution in [0, 0.1) is 28.9 Å². The van der Waals surface area contributed by atoms with E-state index in [9.17, 15) is 8.78 Å². The van der Waals surface area contributed by atoms with Gasteiger partial charge in [-0.3, -0.25) is 0 Å². The van der Waals surface area contributed by atoms with Gasteiger partial charge in [-0.1, -0.05) is 0 Å². The second kappa shape index (κ2) is 3.69. The van der Waals surface area contributed by atoms with Crippen molar-refractivity contribution in [3.05, 3.63) is 29.3 Å². The molecule has 1 aromatic carbocycles. The number of hydrogen-bond acceptors (Lipinski definition) is 2. The van der Waals surface area contributed by atoms with Gasteiger partial charge in [-0.2, -0.15) is 5.26 Å². The lowest BCUT2D eigenvalue weighted by Gasteiger charge is -2.29. The van der Waals surface area contributed by atoms with E-state index in [0.717, 1.165) is 31.5 Å². The summed E-state index contributed by atoms with van der Waals surface area (Å²) >= 11 is 0. The van der Waals surface area contributed by atoms with E-state index in [1.807, 2.05) is 4.90 Å². The molecule has 88 valence electrons. The lowest BCUT2D eigenvalue weighted by molar-refractivity contribution is 0.520. The topological polar surface area (TPSA) is 27.0 Å². The van der Waals surface area contributed by atoms with Crippen molar-refractivity contribution in [3.63, 3.8) is 0 Å². The molecule has 2 atom stereocenters. The summed E-state index contributed by atoms with van der Waals surface area (Å²) in [7, 11) is 0. The molecule has 0 amide bonds. The first-order valence-corrected chi connectivity index (χ1v) is 5.85. The predicted octanol–water partition coefficient (Wildman–Crippen LogP) is 2.83. The number of piperidine rings is 1. The van der Waals surface area contributed by atoms with Gasteiger partial charge in [0.05, 0.1) is 11.6 Å². The number of anilines is 1. The lowest BCUT2D eigenvalue weighted by atomic mass is 10.1. The highest BCUT2D eigenvalue weighted by molar-refractivity contribution is 5.54. The van der Waals surface area contributed by atoms with Crippen LogP contribution in [0.2, 0.25) is 0 Å². The zero-order chi connectivity index (χ0) is 12.0. The molecule has 2 unspecified atom stereocenters. The molecule has 1 saturated heterocycles. The third kappa shape index (κ3) is 1.57. The van der Waals surface area contributed by atoms with Crippen molar-refractivity contribution >= 4 is 5.69 Å². The van der Waals surface area contributed by atoms with Crippen LogP contribution in [-0.4, -0.2) is 12.6 Å². The maximum atomic E-state index is 13.8. The van der Waals surface area contributed by atoms with Gasteiger partial charge in [0.2, 0.25) is 0 Å². The van der Waals surface area contributed by atoms with Crippen molar-refractivity contribution in [2.24, 2.45) is 5.92 Å². The number of halogens is 2. The second-order valence-corrected chi connectivity index (χ2v) is 4.89. The Morgan fingerprint density at radius 3 is 2.41 bits per heavy atom. The van der Waals surface area contributed by atoms with E-state index in [0.29, 0.717) is 5.92 Å². The zero-order valence-corrected chi connectivity index (χ0v) is 9.29. The van der Waals surface area contributed by atoms with Crippen molar-refractivity contribution in [2.45, 2.75) is 25.3 Å². The van der Waals surface area contributed by atoms with E-state index in [4.69, 9.17) is 5.26 Å². The van der Waals surface area contributed by atoms with Crippen molar-refractivity contribution in [1.82, 2.24) is 0 Å². The SMILES string of the molecule is N#Cc1cc(F)c(N2CC3CCC2C3)c(F)c1. The standard InChI is InChI=1S/C13H12F2N2/c14-11-4-9(6-16)5-12(15)13(11)17-7-8-1-2-10(17)3-8/h4-5,8,10H,1-3,7H2. The monoisotopic (exact) mass is 234 g/mol. The Kier molecular flexibility index (Phi) is 2.29. The summed E-state index contributed by atoms with van der Waals surface area (Å²) in [5, 5.41) is 8.65. The molecule has 1 aromatic rings. The van der Waals surface area contributed by atoms with Gasteiger partial charge in [0.25, 0.3) is 0 Å². The second-order valence-electron chi connectivity index (χ2n) is 4.89. The molecule has 4 heteroatoms. The number of nitrogens with zero attached hydrogens (tertiary/aromatic N) is 2. The molecule has 1 aliphatic heterocycles. The fourth-order valence-electron chi connectivity index (χ4n) is 3.10. The molecule has 1 heterocycles. The van der Waals surface area contributed by atoms with Gasteiger partial charge in [0, 0.05) is 12.6 Å². The molecule has 2 nitrogen and oxygen atoms in total. The van der Waals surface area contributed by atoms with Crippen molar-refractivity contribution in [3.8, 4) is 6.07 Å². The summed E-state index contributed by atoms with van der Waals surface area (Å²) in [4.78, 5) is 1.83. The van der Waals surface area contributed by atoms with Crippen LogP contribution in [0.25, 0.3) is 0 Å². The summed E-state index contributed by atoms with van der Waals surface area (Å²) in [6.45, 7) is 0.740. The van der Waals surface area contributed by atoms with Gasteiger partial charge < -0.3 is 4.90 Å². The van der Waals surface area contributed by atoms with E-state index in [2.05, 4.69) is 0 Å². The molecule has 1 saturated carbocycles. The van der Waals surface area contributed by atoms with Crippen LogP contribution in [-0.2, 0) is 0 Å². The first-order valence-electron chi connectivity index (χ1n) is 5.85. The Morgan fingerprint density at radius 1 is 1.24 bits per heavy atom. The van der Waals surface area contributed by atoms with E-state index in [1.54, 1.807) is 6.07 Å². The Bertz CT molecular complexity index is 484. The van der Waals surface area contributed by atoms with Gasteiger partial charge >= 0.3 is 0 Å². The summed E-state index contributed by atoms with van der Waals surface area (Å²) in [5.41, 5.74) is 0.0873. The van der Waals surface area contributed by atoms with Gasteiger partial charge in [-0.05, 0) is 37.3 Å². The average molecular weight is 234 g/mol. The molecule has 2 bridgehead atoms. The third-order valence-electron chi connectivity index (χ3n) is 3.84. The van der Waals surface area contributed by atoms with Crippen molar-refractivity contribution in [2.75, 3.05) is 11.4 Å². The molecule has 0 N–H and O–H groups in total. The predicted molar refractivity (Wildman–Crippen MR) is 59.5 cm³/mol. The van der Waals surface area contributed by atoms with Crippen LogP contribution in [0.5, 0.6) is 0 Å². The molecular weight excluding hydrogens is 222 g/mol. The maximum Gasteiger partial charge on any atom is 0.150 e. The third-order valence-corrected chi connectivity index (χ3v) is 3.84. The highest BCUT2D eigenvalue weighted by Crippen LogP contribution is 2.41. The van der Waals surface area contributed by atoms with Gasteiger partial charge in [0.15, 0.2) is 11.6 Å². The van der Waals surface area contributed by atoms with E-state index >= 15 is 0 Å². The van der Waals surface area contributed by atoms with Crippen LogP contribution in [0.4, 0.5) is 14.5 Å². The van der Waals surface area contributed by atoms with Gasteiger partial charge in [-0.15, -0.1) is 0 Å². The number of benzene rings is 1. The first kappa shape index (κ1) is 10.5. The van der Waals surface area contributed by atoms with Crippen LogP contribution in [0.3, 0.4) is 0 Å². The smallest absolute Gasteiger partial charge is 0.150 e. The zero-order valence-electron chi connectivity index (χ0n) is 9.29. The van der Waals surface area contributed by atoms with Crippen LogP contribution < -0.4 is 4.90 Å². The largest absolute Gasteiger partial charge is 0.364 e. The minimum absolute atomic E-state index is 0.0353. The fourth-order valence-corrected chi connectivity index (χ4v) is 3.10. The van der Waals surface area contributed by atoms with Crippen LogP contribution in [0.1, 0.15) is 24.8 Å².